The van der Waals surface area contributed by atoms with Crippen molar-refractivity contribution >= 4 is 28.0 Å². The van der Waals surface area contributed by atoms with E-state index >= 15 is 0 Å². The van der Waals surface area contributed by atoms with Gasteiger partial charge in [0.2, 0.25) is 5.91 Å². The highest BCUT2D eigenvalue weighted by Crippen LogP contribution is 2.25. The van der Waals surface area contributed by atoms with E-state index in [0.29, 0.717) is 6.42 Å². The van der Waals surface area contributed by atoms with Crippen LogP contribution in [0.15, 0.2) is 42.5 Å². The number of hydrogen-bond donors (Lipinski definition) is 2. The molecule has 0 aliphatic rings. The molecule has 1 amide bonds. The Morgan fingerprint density at radius 3 is 2.69 bits per heavy atom. The molecule has 26 heavy (non-hydrogen) atoms. The summed E-state index contributed by atoms with van der Waals surface area (Å²) in [5.41, 5.74) is 1.54. The maximum absolute atomic E-state index is 12.2. The maximum atomic E-state index is 12.2. The van der Waals surface area contributed by atoms with E-state index in [4.69, 9.17) is 0 Å². The molecular weight excluding hydrogens is 344 g/mol. The van der Waals surface area contributed by atoms with Gasteiger partial charge in [-0.05, 0) is 37.1 Å². The number of amides is 1. The summed E-state index contributed by atoms with van der Waals surface area (Å²) < 4.78 is 0. The lowest BCUT2D eigenvalue weighted by Crippen LogP contribution is -2.46. The fourth-order valence-electron chi connectivity index (χ4n) is 2.94. The van der Waals surface area contributed by atoms with E-state index in [1.807, 2.05) is 13.0 Å². The lowest BCUT2D eigenvalue weighted by molar-refractivity contribution is -0.122. The zero-order valence-corrected chi connectivity index (χ0v) is 16.2. The minimum absolute atomic E-state index is 0.0903. The van der Waals surface area contributed by atoms with E-state index in [1.54, 1.807) is 25.2 Å². The number of fused-ring (bicyclic) bond motifs is 1. The quantitative estimate of drug-likeness (QED) is 0.698. The number of nitrogens with zero attached hydrogens (tertiary/aromatic N) is 1. The Labute approximate surface area is 157 Å². The summed E-state index contributed by atoms with van der Waals surface area (Å²) in [5, 5.41) is 15.6. The standard InChI is InChI=1S/C21H24N2O2S/c1-14-18(12-19(25)23-21(2,3)13-24)26-20(22-14)11-16-9-6-8-15-7-4-5-10-17(15)16/h4-10,24H,11-13H2,1-3H3,(H,23,25). The summed E-state index contributed by atoms with van der Waals surface area (Å²) in [6, 6.07) is 14.7. The first-order valence-corrected chi connectivity index (χ1v) is 9.53. The van der Waals surface area contributed by atoms with Crippen molar-refractivity contribution < 1.29 is 9.90 Å². The molecule has 0 radical (unpaired) electrons. The Morgan fingerprint density at radius 2 is 1.92 bits per heavy atom. The van der Waals surface area contributed by atoms with Crippen molar-refractivity contribution in [2.24, 2.45) is 0 Å². The zero-order valence-electron chi connectivity index (χ0n) is 15.4. The predicted octanol–water partition coefficient (Wildman–Crippen LogP) is 3.63. The van der Waals surface area contributed by atoms with Crippen LogP contribution in [0.3, 0.4) is 0 Å². The number of thiazole rings is 1. The molecule has 1 aromatic heterocycles. The number of aliphatic hydroxyl groups excluding tert-OH is 1. The Balaban J connectivity index is 1.77. The van der Waals surface area contributed by atoms with Gasteiger partial charge in [0, 0.05) is 11.3 Å². The van der Waals surface area contributed by atoms with Crippen molar-refractivity contribution in [3.8, 4) is 0 Å². The van der Waals surface area contributed by atoms with Crippen LogP contribution in [0.2, 0.25) is 0 Å². The van der Waals surface area contributed by atoms with Gasteiger partial charge in [-0.25, -0.2) is 4.98 Å². The highest BCUT2D eigenvalue weighted by molar-refractivity contribution is 7.11. The Morgan fingerprint density at radius 1 is 1.19 bits per heavy atom. The van der Waals surface area contributed by atoms with E-state index in [9.17, 15) is 9.90 Å². The smallest absolute Gasteiger partial charge is 0.225 e. The molecule has 0 aliphatic carbocycles. The number of benzene rings is 2. The van der Waals surface area contributed by atoms with Gasteiger partial charge in [0.25, 0.3) is 0 Å². The van der Waals surface area contributed by atoms with Gasteiger partial charge in [-0.3, -0.25) is 4.79 Å². The second kappa shape index (κ2) is 7.56. The van der Waals surface area contributed by atoms with Crippen molar-refractivity contribution in [1.82, 2.24) is 10.3 Å². The van der Waals surface area contributed by atoms with E-state index in [2.05, 4.69) is 46.7 Å². The third-order valence-corrected chi connectivity index (χ3v) is 5.51. The zero-order chi connectivity index (χ0) is 18.7. The molecule has 0 spiro atoms. The molecule has 5 heteroatoms. The molecule has 0 fully saturated rings. The van der Waals surface area contributed by atoms with Crippen LogP contribution in [-0.2, 0) is 17.6 Å². The molecule has 3 aromatic rings. The Kier molecular flexibility index (Phi) is 5.39. The van der Waals surface area contributed by atoms with Gasteiger partial charge >= 0.3 is 0 Å². The fraction of sp³-hybridized carbons (Fsp3) is 0.333. The first kappa shape index (κ1) is 18.5. The van der Waals surface area contributed by atoms with Gasteiger partial charge in [-0.15, -0.1) is 11.3 Å². The summed E-state index contributed by atoms with van der Waals surface area (Å²) in [5.74, 6) is -0.0903. The number of nitrogens with one attached hydrogen (secondary N) is 1. The van der Waals surface area contributed by atoms with Crippen LogP contribution < -0.4 is 5.32 Å². The first-order chi connectivity index (χ1) is 12.4. The molecule has 0 bridgehead atoms. The molecule has 136 valence electrons. The summed E-state index contributed by atoms with van der Waals surface area (Å²) in [7, 11) is 0. The molecule has 2 aromatic carbocycles. The number of aryl methyl sites for hydroxylation is 1. The monoisotopic (exact) mass is 368 g/mol. The maximum Gasteiger partial charge on any atom is 0.225 e. The first-order valence-electron chi connectivity index (χ1n) is 8.71. The number of carbonyl (C=O) groups excluding carboxylic acids is 1. The van der Waals surface area contributed by atoms with Gasteiger partial charge in [-0.1, -0.05) is 42.5 Å². The van der Waals surface area contributed by atoms with Gasteiger partial charge in [0.15, 0.2) is 0 Å². The fourth-order valence-corrected chi connectivity index (χ4v) is 4.04. The van der Waals surface area contributed by atoms with Crippen molar-refractivity contribution in [2.45, 2.75) is 39.2 Å². The molecule has 0 aliphatic heterocycles. The van der Waals surface area contributed by atoms with E-state index in [0.717, 1.165) is 22.0 Å². The minimum Gasteiger partial charge on any atom is -0.394 e. The van der Waals surface area contributed by atoms with E-state index in [-0.39, 0.29) is 12.5 Å². The second-order valence-corrected chi connectivity index (χ2v) is 8.37. The summed E-state index contributed by atoms with van der Waals surface area (Å²) in [6.07, 6.45) is 1.05. The van der Waals surface area contributed by atoms with Crippen LogP contribution in [0, 0.1) is 6.92 Å². The molecule has 3 rings (SSSR count). The van der Waals surface area contributed by atoms with Gasteiger partial charge in [-0.2, -0.15) is 0 Å². The molecule has 0 unspecified atom stereocenters. The molecule has 0 saturated heterocycles. The van der Waals surface area contributed by atoms with Crippen molar-refractivity contribution in [3.05, 3.63) is 63.6 Å². The largest absolute Gasteiger partial charge is 0.394 e. The Bertz CT molecular complexity index is 925. The number of aliphatic hydroxyl groups is 1. The average molecular weight is 369 g/mol. The topological polar surface area (TPSA) is 62.2 Å². The SMILES string of the molecule is Cc1nc(Cc2cccc3ccccc23)sc1CC(=O)NC(C)(C)CO. The molecule has 1 heterocycles. The predicted molar refractivity (Wildman–Crippen MR) is 107 cm³/mol. The Hall–Kier alpha value is -2.24. The molecular formula is C21H24N2O2S. The molecule has 2 N–H and O–H groups in total. The van der Waals surface area contributed by atoms with Crippen LogP contribution in [0.1, 0.15) is 35.0 Å². The van der Waals surface area contributed by atoms with Crippen LogP contribution in [0.4, 0.5) is 0 Å². The highest BCUT2D eigenvalue weighted by Gasteiger charge is 2.20. The highest BCUT2D eigenvalue weighted by atomic mass is 32.1. The average Bonchev–Trinajstić information content (AvgIpc) is 2.94. The number of rotatable bonds is 6. The van der Waals surface area contributed by atoms with Crippen molar-refractivity contribution in [1.29, 1.82) is 0 Å². The summed E-state index contributed by atoms with van der Waals surface area (Å²) in [6.45, 7) is 5.46. The third kappa shape index (κ3) is 4.29. The molecule has 4 nitrogen and oxygen atoms in total. The minimum atomic E-state index is -0.610. The summed E-state index contributed by atoms with van der Waals surface area (Å²) >= 11 is 1.59. The normalized spacial score (nSPS) is 11.7. The van der Waals surface area contributed by atoms with Crippen molar-refractivity contribution in [3.63, 3.8) is 0 Å². The summed E-state index contributed by atoms with van der Waals surface area (Å²) in [4.78, 5) is 17.9. The lowest BCUT2D eigenvalue weighted by atomic mass is 10.0. The molecule has 0 atom stereocenters. The van der Waals surface area contributed by atoms with Crippen LogP contribution in [0.5, 0.6) is 0 Å². The van der Waals surface area contributed by atoms with Gasteiger partial charge in [0.1, 0.15) is 0 Å². The van der Waals surface area contributed by atoms with Crippen molar-refractivity contribution in [2.75, 3.05) is 6.61 Å². The molecule has 0 saturated carbocycles. The van der Waals surface area contributed by atoms with Gasteiger partial charge in [0.05, 0.1) is 29.3 Å². The van der Waals surface area contributed by atoms with Crippen LogP contribution >= 0.6 is 11.3 Å². The number of aromatic nitrogens is 1. The number of hydrogen-bond acceptors (Lipinski definition) is 4. The van der Waals surface area contributed by atoms with Crippen LogP contribution in [-0.4, -0.2) is 28.1 Å². The van der Waals surface area contributed by atoms with Gasteiger partial charge < -0.3 is 10.4 Å². The second-order valence-electron chi connectivity index (χ2n) is 7.20. The van der Waals surface area contributed by atoms with E-state index in [1.165, 1.54) is 16.3 Å². The van der Waals surface area contributed by atoms with E-state index < -0.39 is 5.54 Å². The van der Waals surface area contributed by atoms with Crippen LogP contribution in [0.25, 0.3) is 10.8 Å². The lowest BCUT2D eigenvalue weighted by Gasteiger charge is -2.23. The number of carbonyl (C=O) groups is 1. The third-order valence-electron chi connectivity index (χ3n) is 4.35.